The summed E-state index contributed by atoms with van der Waals surface area (Å²) in [6.45, 7) is 2.71. The van der Waals surface area contributed by atoms with Gasteiger partial charge in [-0.25, -0.2) is 0 Å². The molecule has 1 aromatic heterocycles. The van der Waals surface area contributed by atoms with Crippen LogP contribution in [0.3, 0.4) is 0 Å². The lowest BCUT2D eigenvalue weighted by Gasteiger charge is -2.31. The van der Waals surface area contributed by atoms with Crippen LogP contribution in [0.2, 0.25) is 0 Å². The monoisotopic (exact) mass is 286 g/mol. The second kappa shape index (κ2) is 5.87. The zero-order valence-electron chi connectivity index (χ0n) is 12.5. The van der Waals surface area contributed by atoms with Gasteiger partial charge in [0.25, 0.3) is 0 Å². The fourth-order valence-electron chi connectivity index (χ4n) is 3.05. The third-order valence-electron chi connectivity index (χ3n) is 4.22. The molecule has 2 unspecified atom stereocenters. The smallest absolute Gasteiger partial charge is 0.122 e. The molecule has 2 heterocycles. The molecule has 3 N–H and O–H groups in total. The summed E-state index contributed by atoms with van der Waals surface area (Å²) >= 11 is 0. The van der Waals surface area contributed by atoms with Gasteiger partial charge in [0.2, 0.25) is 0 Å². The molecule has 1 aliphatic heterocycles. The molecule has 2 atom stereocenters. The molecule has 0 saturated heterocycles. The first-order valence-electron chi connectivity index (χ1n) is 7.33. The van der Waals surface area contributed by atoms with Crippen LogP contribution < -0.4 is 16.0 Å². The van der Waals surface area contributed by atoms with E-state index in [9.17, 15) is 0 Å². The van der Waals surface area contributed by atoms with Gasteiger partial charge < -0.3 is 4.74 Å². The lowest BCUT2D eigenvalue weighted by atomic mass is 9.88. The third kappa shape index (κ3) is 2.94. The molecule has 1 aliphatic rings. The fraction of sp³-hybridized carbons (Fsp3) is 0.438. The SMILES string of the molecule is Cc1cc(CC(NN)C2COc3ccccc3C2)n(C)n1. The van der Waals surface area contributed by atoms with E-state index in [4.69, 9.17) is 10.6 Å². The molecule has 5 heteroatoms. The summed E-state index contributed by atoms with van der Waals surface area (Å²) in [4.78, 5) is 0. The van der Waals surface area contributed by atoms with Crippen LogP contribution in [0.1, 0.15) is 17.0 Å². The number of nitrogens with zero attached hydrogens (tertiary/aromatic N) is 2. The van der Waals surface area contributed by atoms with Crippen molar-refractivity contribution in [2.24, 2.45) is 18.8 Å². The quantitative estimate of drug-likeness (QED) is 0.658. The highest BCUT2D eigenvalue weighted by Crippen LogP contribution is 2.29. The minimum absolute atomic E-state index is 0.174. The first kappa shape index (κ1) is 14.1. The van der Waals surface area contributed by atoms with Gasteiger partial charge in [-0.15, -0.1) is 0 Å². The molecule has 0 amide bonds. The van der Waals surface area contributed by atoms with Crippen LogP contribution in [0, 0.1) is 12.8 Å². The van der Waals surface area contributed by atoms with Crippen LogP contribution in [0.4, 0.5) is 0 Å². The third-order valence-corrected chi connectivity index (χ3v) is 4.22. The van der Waals surface area contributed by atoms with Crippen molar-refractivity contribution >= 4 is 0 Å². The Hall–Kier alpha value is -1.85. The molecular weight excluding hydrogens is 264 g/mol. The van der Waals surface area contributed by atoms with E-state index in [-0.39, 0.29) is 6.04 Å². The van der Waals surface area contributed by atoms with Crippen molar-refractivity contribution in [1.29, 1.82) is 0 Å². The van der Waals surface area contributed by atoms with Crippen LogP contribution in [-0.2, 0) is 19.9 Å². The Morgan fingerprint density at radius 2 is 2.29 bits per heavy atom. The molecule has 2 aromatic rings. The van der Waals surface area contributed by atoms with Gasteiger partial charge in [-0.1, -0.05) is 18.2 Å². The molecule has 5 nitrogen and oxygen atoms in total. The first-order chi connectivity index (χ1) is 10.2. The van der Waals surface area contributed by atoms with Crippen molar-refractivity contribution in [3.8, 4) is 5.75 Å². The van der Waals surface area contributed by atoms with Gasteiger partial charge in [0.05, 0.1) is 12.3 Å². The van der Waals surface area contributed by atoms with Gasteiger partial charge >= 0.3 is 0 Å². The second-order valence-electron chi connectivity index (χ2n) is 5.76. The van der Waals surface area contributed by atoms with Gasteiger partial charge in [0.1, 0.15) is 5.75 Å². The van der Waals surface area contributed by atoms with Crippen LogP contribution in [-0.4, -0.2) is 22.4 Å². The summed E-state index contributed by atoms with van der Waals surface area (Å²) in [5, 5.41) is 4.40. The lowest BCUT2D eigenvalue weighted by Crippen LogP contribution is -2.46. The Bertz CT molecular complexity index is 622. The predicted octanol–water partition coefficient (Wildman–Crippen LogP) is 1.35. The summed E-state index contributed by atoms with van der Waals surface area (Å²) in [7, 11) is 1.97. The number of ether oxygens (including phenoxy) is 1. The first-order valence-corrected chi connectivity index (χ1v) is 7.33. The number of hydrazine groups is 1. The minimum Gasteiger partial charge on any atom is -0.493 e. The molecule has 0 bridgehead atoms. The Balaban J connectivity index is 1.74. The second-order valence-corrected chi connectivity index (χ2v) is 5.76. The Morgan fingerprint density at radius 3 is 3.00 bits per heavy atom. The molecule has 0 aliphatic carbocycles. The number of fused-ring (bicyclic) bond motifs is 1. The maximum absolute atomic E-state index is 5.87. The van der Waals surface area contributed by atoms with E-state index in [1.54, 1.807) is 0 Å². The van der Waals surface area contributed by atoms with E-state index in [2.05, 4.69) is 28.7 Å². The van der Waals surface area contributed by atoms with Crippen molar-refractivity contribution in [3.63, 3.8) is 0 Å². The van der Waals surface area contributed by atoms with Crippen molar-refractivity contribution in [2.45, 2.75) is 25.8 Å². The molecular formula is C16H22N4O. The average Bonchev–Trinajstić information content (AvgIpc) is 2.82. The van der Waals surface area contributed by atoms with Crippen molar-refractivity contribution in [2.75, 3.05) is 6.61 Å². The zero-order chi connectivity index (χ0) is 14.8. The zero-order valence-corrected chi connectivity index (χ0v) is 12.5. The van der Waals surface area contributed by atoms with Crippen LogP contribution in [0.5, 0.6) is 5.75 Å². The molecule has 0 fully saturated rings. The Labute approximate surface area is 125 Å². The van der Waals surface area contributed by atoms with Crippen LogP contribution in [0.15, 0.2) is 30.3 Å². The summed E-state index contributed by atoms with van der Waals surface area (Å²) in [5.74, 6) is 7.16. The van der Waals surface area contributed by atoms with Crippen molar-refractivity contribution in [1.82, 2.24) is 15.2 Å². The van der Waals surface area contributed by atoms with Crippen LogP contribution >= 0.6 is 0 Å². The fourth-order valence-corrected chi connectivity index (χ4v) is 3.05. The molecule has 21 heavy (non-hydrogen) atoms. The predicted molar refractivity (Wildman–Crippen MR) is 81.9 cm³/mol. The van der Waals surface area contributed by atoms with E-state index in [1.165, 1.54) is 11.3 Å². The number of para-hydroxylation sites is 1. The molecule has 112 valence electrons. The maximum atomic E-state index is 5.87. The van der Waals surface area contributed by atoms with E-state index in [0.717, 1.165) is 24.3 Å². The number of aryl methyl sites for hydroxylation is 2. The number of aromatic nitrogens is 2. The van der Waals surface area contributed by atoms with E-state index >= 15 is 0 Å². The Morgan fingerprint density at radius 1 is 1.48 bits per heavy atom. The molecule has 0 radical (unpaired) electrons. The molecule has 0 saturated carbocycles. The van der Waals surface area contributed by atoms with E-state index in [1.807, 2.05) is 30.8 Å². The van der Waals surface area contributed by atoms with Gasteiger partial charge in [0, 0.05) is 31.1 Å². The normalized spacial score (nSPS) is 18.9. The lowest BCUT2D eigenvalue weighted by molar-refractivity contribution is 0.182. The van der Waals surface area contributed by atoms with Crippen LogP contribution in [0.25, 0.3) is 0 Å². The highest BCUT2D eigenvalue weighted by Gasteiger charge is 2.27. The number of nitrogens with one attached hydrogen (secondary N) is 1. The van der Waals surface area contributed by atoms with Gasteiger partial charge in [-0.05, 0) is 31.0 Å². The maximum Gasteiger partial charge on any atom is 0.122 e. The van der Waals surface area contributed by atoms with E-state index in [0.29, 0.717) is 12.5 Å². The van der Waals surface area contributed by atoms with Crippen molar-refractivity contribution in [3.05, 3.63) is 47.3 Å². The number of nitrogens with two attached hydrogens (primary N) is 1. The standard InChI is InChI=1S/C16H22N4O/c1-11-7-14(20(2)19-11)9-15(18-17)13-8-12-5-3-4-6-16(12)21-10-13/h3-7,13,15,18H,8-10,17H2,1-2H3. The average molecular weight is 286 g/mol. The van der Waals surface area contributed by atoms with Crippen molar-refractivity contribution < 1.29 is 4.74 Å². The number of rotatable bonds is 4. The van der Waals surface area contributed by atoms with Gasteiger partial charge in [0.15, 0.2) is 0 Å². The summed E-state index contributed by atoms with van der Waals surface area (Å²) in [6.07, 6.45) is 1.84. The Kier molecular flexibility index (Phi) is 3.94. The number of hydrogen-bond acceptors (Lipinski definition) is 4. The van der Waals surface area contributed by atoms with Gasteiger partial charge in [-0.3, -0.25) is 16.0 Å². The highest BCUT2D eigenvalue weighted by atomic mass is 16.5. The largest absolute Gasteiger partial charge is 0.493 e. The molecule has 0 spiro atoms. The topological polar surface area (TPSA) is 65.1 Å². The summed E-state index contributed by atoms with van der Waals surface area (Å²) in [5.41, 5.74) is 6.45. The number of hydrogen-bond donors (Lipinski definition) is 2. The minimum atomic E-state index is 0.174. The molecule has 1 aromatic carbocycles. The highest BCUT2D eigenvalue weighted by molar-refractivity contribution is 5.35. The van der Waals surface area contributed by atoms with Gasteiger partial charge in [-0.2, -0.15) is 5.10 Å². The summed E-state index contributed by atoms with van der Waals surface area (Å²) in [6, 6.07) is 10.5. The summed E-state index contributed by atoms with van der Waals surface area (Å²) < 4.78 is 7.80. The molecule has 3 rings (SSSR count). The number of benzene rings is 1. The van der Waals surface area contributed by atoms with E-state index < -0.39 is 0 Å².